The van der Waals surface area contributed by atoms with Crippen molar-refractivity contribution in [2.45, 2.75) is 19.5 Å². The minimum atomic E-state index is -0.564. The number of fused-ring (bicyclic) bond motifs is 1. The second-order valence-corrected chi connectivity index (χ2v) is 7.49. The summed E-state index contributed by atoms with van der Waals surface area (Å²) in [5.74, 6) is 0.103. The van der Waals surface area contributed by atoms with Crippen molar-refractivity contribution in [3.05, 3.63) is 92.3 Å². The molecule has 9 nitrogen and oxygen atoms in total. The van der Waals surface area contributed by atoms with Gasteiger partial charge in [0.05, 0.1) is 12.1 Å². The first-order valence-electron chi connectivity index (χ1n) is 9.98. The number of allylic oxidation sites excluding steroid dienone is 3. The number of nitrogens with zero attached hydrogens (tertiary/aromatic N) is 5. The lowest BCUT2D eigenvalue weighted by atomic mass is 10.2. The fraction of sp³-hybridized carbons (Fsp3) is 0.217. The number of rotatable bonds is 9. The molecule has 0 saturated heterocycles. The summed E-state index contributed by atoms with van der Waals surface area (Å²) < 4.78 is 9.70. The van der Waals surface area contributed by atoms with Gasteiger partial charge in [0.2, 0.25) is 0 Å². The van der Waals surface area contributed by atoms with E-state index in [4.69, 9.17) is 16.3 Å². The molecule has 0 bridgehead atoms. The van der Waals surface area contributed by atoms with Crippen LogP contribution in [0.2, 0.25) is 5.02 Å². The standard InChI is InChI=1S/C23H22ClN5O4/c1-4-16(13-25)18(5-2)33-22-26-20-19(29(22)14-15-7-9-17(24)10-8-15)21(31)28(11-6-12-30)23(32)27(20)3/h4-5,7-10,30H,1-2,6,11-12,14H2,3H3/b18-16-. The van der Waals surface area contributed by atoms with Gasteiger partial charge >= 0.3 is 11.7 Å². The molecule has 0 aliphatic rings. The third-order valence-corrected chi connectivity index (χ3v) is 5.22. The maximum Gasteiger partial charge on any atom is 0.332 e. The lowest BCUT2D eigenvalue weighted by Gasteiger charge is -2.12. The lowest BCUT2D eigenvalue weighted by Crippen LogP contribution is -2.39. The smallest absolute Gasteiger partial charge is 0.332 e. The summed E-state index contributed by atoms with van der Waals surface area (Å²) in [7, 11) is 1.50. The van der Waals surface area contributed by atoms with E-state index >= 15 is 0 Å². The number of nitriles is 1. The van der Waals surface area contributed by atoms with Gasteiger partial charge in [-0.3, -0.25) is 18.5 Å². The SMILES string of the molecule is C=C/C(C#N)=C(\C=C)Oc1nc2c(c(=O)n(CCCO)c(=O)n2C)n1Cc1ccc(Cl)cc1. The maximum atomic E-state index is 13.3. The van der Waals surface area contributed by atoms with Gasteiger partial charge in [-0.1, -0.05) is 36.9 Å². The van der Waals surface area contributed by atoms with Gasteiger partial charge in [-0.2, -0.15) is 10.2 Å². The van der Waals surface area contributed by atoms with Crippen LogP contribution in [0, 0.1) is 11.3 Å². The monoisotopic (exact) mass is 467 g/mol. The van der Waals surface area contributed by atoms with E-state index in [1.165, 1.54) is 28.3 Å². The Bertz CT molecular complexity index is 1400. The summed E-state index contributed by atoms with van der Waals surface area (Å²) >= 11 is 5.99. The molecule has 0 aliphatic carbocycles. The second kappa shape index (κ2) is 10.2. The highest BCUT2D eigenvalue weighted by Gasteiger charge is 2.22. The maximum absolute atomic E-state index is 13.3. The van der Waals surface area contributed by atoms with Gasteiger partial charge < -0.3 is 9.84 Å². The van der Waals surface area contributed by atoms with E-state index < -0.39 is 11.2 Å². The van der Waals surface area contributed by atoms with Crippen molar-refractivity contribution in [2.24, 2.45) is 7.05 Å². The highest BCUT2D eigenvalue weighted by Crippen LogP contribution is 2.23. The zero-order valence-electron chi connectivity index (χ0n) is 18.0. The molecule has 170 valence electrons. The summed E-state index contributed by atoms with van der Waals surface area (Å²) in [6, 6.07) is 8.97. The van der Waals surface area contributed by atoms with E-state index in [-0.39, 0.29) is 54.6 Å². The average Bonchev–Trinajstić information content (AvgIpc) is 3.17. The molecule has 0 fully saturated rings. The number of aromatic nitrogens is 4. The van der Waals surface area contributed by atoms with Crippen LogP contribution in [0.5, 0.6) is 6.01 Å². The summed E-state index contributed by atoms with van der Waals surface area (Å²) in [6.45, 7) is 7.32. The topological polar surface area (TPSA) is 115 Å². The van der Waals surface area contributed by atoms with Gasteiger partial charge in [0.1, 0.15) is 11.8 Å². The molecule has 0 aliphatic heterocycles. The Morgan fingerprint density at radius 2 is 1.94 bits per heavy atom. The van der Waals surface area contributed by atoms with Gasteiger partial charge in [-0.15, -0.1) is 0 Å². The molecule has 0 spiro atoms. The first kappa shape index (κ1) is 23.8. The molecule has 1 aromatic carbocycles. The van der Waals surface area contributed by atoms with E-state index in [0.717, 1.165) is 10.1 Å². The summed E-state index contributed by atoms with van der Waals surface area (Å²) in [5, 5.41) is 19.1. The van der Waals surface area contributed by atoms with Crippen molar-refractivity contribution >= 4 is 22.8 Å². The van der Waals surface area contributed by atoms with Crippen LogP contribution in [0.15, 0.2) is 70.5 Å². The van der Waals surface area contributed by atoms with Crippen LogP contribution in [-0.2, 0) is 20.1 Å². The number of imidazole rings is 1. The quantitative estimate of drug-likeness (QED) is 0.294. The number of ether oxygens (including phenoxy) is 1. The molecule has 3 aromatic rings. The Morgan fingerprint density at radius 1 is 1.24 bits per heavy atom. The minimum Gasteiger partial charge on any atom is -0.424 e. The van der Waals surface area contributed by atoms with Gasteiger partial charge in [0.25, 0.3) is 5.56 Å². The van der Waals surface area contributed by atoms with Crippen LogP contribution >= 0.6 is 11.6 Å². The second-order valence-electron chi connectivity index (χ2n) is 7.05. The van der Waals surface area contributed by atoms with Crippen molar-refractivity contribution in [1.82, 2.24) is 18.7 Å². The molecule has 10 heteroatoms. The molecule has 0 saturated carbocycles. The number of benzene rings is 1. The van der Waals surface area contributed by atoms with Crippen molar-refractivity contribution in [1.29, 1.82) is 5.26 Å². The first-order chi connectivity index (χ1) is 15.9. The van der Waals surface area contributed by atoms with Crippen LogP contribution in [-0.4, -0.2) is 30.4 Å². The molecule has 2 aromatic heterocycles. The third-order valence-electron chi connectivity index (χ3n) is 4.97. The Morgan fingerprint density at radius 3 is 2.52 bits per heavy atom. The largest absolute Gasteiger partial charge is 0.424 e. The van der Waals surface area contributed by atoms with Gasteiger partial charge in [-0.25, -0.2) is 4.79 Å². The van der Waals surface area contributed by atoms with E-state index in [9.17, 15) is 20.0 Å². The molecule has 0 atom stereocenters. The Kier molecular flexibility index (Phi) is 7.33. The average molecular weight is 468 g/mol. The normalized spacial score (nSPS) is 11.7. The van der Waals surface area contributed by atoms with Gasteiger partial charge in [0.15, 0.2) is 11.2 Å². The number of hydrogen-bond acceptors (Lipinski definition) is 6. The van der Waals surface area contributed by atoms with Crippen LogP contribution in [0.3, 0.4) is 0 Å². The first-order valence-corrected chi connectivity index (χ1v) is 10.4. The van der Waals surface area contributed by atoms with Crippen molar-refractivity contribution in [2.75, 3.05) is 6.61 Å². The fourth-order valence-electron chi connectivity index (χ4n) is 3.28. The van der Waals surface area contributed by atoms with E-state index in [2.05, 4.69) is 18.1 Å². The van der Waals surface area contributed by atoms with Gasteiger partial charge in [0, 0.05) is 25.2 Å². The fourth-order valence-corrected chi connectivity index (χ4v) is 3.41. The molecule has 1 N–H and O–H groups in total. The minimum absolute atomic E-state index is 0.00328. The van der Waals surface area contributed by atoms with E-state index in [1.807, 2.05) is 6.07 Å². The van der Waals surface area contributed by atoms with Crippen LogP contribution in [0.1, 0.15) is 12.0 Å². The van der Waals surface area contributed by atoms with Gasteiger partial charge in [-0.05, 0) is 36.3 Å². The Labute approximate surface area is 194 Å². The highest BCUT2D eigenvalue weighted by atomic mass is 35.5. The molecule has 2 heterocycles. The van der Waals surface area contributed by atoms with E-state index in [1.54, 1.807) is 24.3 Å². The number of halogens is 1. The Hall–Kier alpha value is -3.87. The van der Waals surface area contributed by atoms with Crippen LogP contribution < -0.4 is 16.0 Å². The third kappa shape index (κ3) is 4.67. The predicted octanol–water partition coefficient (Wildman–Crippen LogP) is 2.51. The zero-order valence-corrected chi connectivity index (χ0v) is 18.7. The molecular weight excluding hydrogens is 446 g/mol. The number of aliphatic hydroxyl groups excluding tert-OH is 1. The van der Waals surface area contributed by atoms with E-state index in [0.29, 0.717) is 5.02 Å². The molecule has 0 amide bonds. The molecule has 3 rings (SSSR count). The van der Waals surface area contributed by atoms with Crippen LogP contribution in [0.25, 0.3) is 11.2 Å². The van der Waals surface area contributed by atoms with Crippen LogP contribution in [0.4, 0.5) is 0 Å². The van der Waals surface area contributed by atoms with Crippen molar-refractivity contribution in [3.8, 4) is 12.1 Å². The number of hydrogen-bond donors (Lipinski definition) is 1. The summed E-state index contributed by atoms with van der Waals surface area (Å²) in [5.41, 5.74) is 0.0600. The zero-order chi connectivity index (χ0) is 24.1. The molecule has 0 unspecified atom stereocenters. The van der Waals surface area contributed by atoms with Crippen molar-refractivity contribution in [3.63, 3.8) is 0 Å². The summed E-state index contributed by atoms with van der Waals surface area (Å²) in [4.78, 5) is 30.5. The predicted molar refractivity (Wildman–Crippen MR) is 125 cm³/mol. The van der Waals surface area contributed by atoms with Crippen molar-refractivity contribution < 1.29 is 9.84 Å². The summed E-state index contributed by atoms with van der Waals surface area (Å²) in [6.07, 6.45) is 2.90. The number of aryl methyl sites for hydroxylation is 1. The lowest BCUT2D eigenvalue weighted by molar-refractivity contribution is 0.277. The number of aliphatic hydroxyl groups is 1. The molecule has 0 radical (unpaired) electrons. The Balaban J connectivity index is 2.32. The molecular formula is C23H22ClN5O4. The highest BCUT2D eigenvalue weighted by molar-refractivity contribution is 6.30. The molecule has 33 heavy (non-hydrogen) atoms.